The fourth-order valence-corrected chi connectivity index (χ4v) is 3.03. The molecule has 0 aliphatic carbocycles. The average molecular weight is 335 g/mol. The summed E-state index contributed by atoms with van der Waals surface area (Å²) in [5, 5.41) is 9.17. The first kappa shape index (κ1) is 14.7. The van der Waals surface area contributed by atoms with Crippen LogP contribution >= 0.6 is 23.2 Å². The van der Waals surface area contributed by atoms with Gasteiger partial charge in [0, 0.05) is 18.5 Å². The number of halogens is 2. The van der Waals surface area contributed by atoms with E-state index >= 15 is 0 Å². The number of hydrogen-bond donors (Lipinski definition) is 3. The summed E-state index contributed by atoms with van der Waals surface area (Å²) in [7, 11) is -4.08. The minimum atomic E-state index is -4.08. The van der Waals surface area contributed by atoms with Crippen molar-refractivity contribution in [1.82, 2.24) is 4.98 Å². The molecule has 20 heavy (non-hydrogen) atoms. The number of anilines is 1. The number of sulfonamides is 1. The Morgan fingerprint density at radius 1 is 1.20 bits per heavy atom. The Kier molecular flexibility index (Phi) is 3.94. The molecule has 0 saturated carbocycles. The van der Waals surface area contributed by atoms with E-state index in [1.165, 1.54) is 18.3 Å². The van der Waals surface area contributed by atoms with Crippen LogP contribution in [0.3, 0.4) is 0 Å². The molecular weight excluding hydrogens is 327 g/mol. The second-order valence-electron chi connectivity index (χ2n) is 3.77. The van der Waals surface area contributed by atoms with Crippen molar-refractivity contribution < 1.29 is 13.5 Å². The zero-order valence-electron chi connectivity index (χ0n) is 9.72. The molecular formula is C11H8Cl2N2O4S. The number of nitrogens with one attached hydrogen (secondary N) is 2. The van der Waals surface area contributed by atoms with Crippen LogP contribution in [0.1, 0.15) is 0 Å². The molecule has 6 nitrogen and oxygen atoms in total. The number of aromatic hydroxyl groups is 1. The first-order valence-corrected chi connectivity index (χ1v) is 7.43. The van der Waals surface area contributed by atoms with E-state index < -0.39 is 20.3 Å². The van der Waals surface area contributed by atoms with Crippen molar-refractivity contribution in [1.29, 1.82) is 0 Å². The third-order valence-corrected chi connectivity index (χ3v) is 4.33. The minimum absolute atomic E-state index is 0.0288. The van der Waals surface area contributed by atoms with Crippen LogP contribution in [0.5, 0.6) is 5.75 Å². The molecule has 0 unspecified atom stereocenters. The largest absolute Gasteiger partial charge is 0.505 e. The van der Waals surface area contributed by atoms with Gasteiger partial charge in [-0.05, 0) is 12.1 Å². The Morgan fingerprint density at radius 2 is 1.80 bits per heavy atom. The Morgan fingerprint density at radius 3 is 2.35 bits per heavy atom. The van der Waals surface area contributed by atoms with E-state index in [1.54, 1.807) is 0 Å². The number of H-pyrrole nitrogens is 1. The number of aromatic nitrogens is 1. The van der Waals surface area contributed by atoms with Gasteiger partial charge in [-0.1, -0.05) is 23.2 Å². The SMILES string of the molecule is O=c1cc[nH]cc1S(=O)(=O)Nc1cc(Cl)c(O)c(Cl)c1. The van der Waals surface area contributed by atoms with E-state index in [-0.39, 0.29) is 21.5 Å². The quantitative estimate of drug-likeness (QED) is 0.749. The molecule has 0 saturated heterocycles. The van der Waals surface area contributed by atoms with Crippen LogP contribution in [-0.2, 0) is 10.0 Å². The predicted molar refractivity (Wildman–Crippen MR) is 76.0 cm³/mol. The van der Waals surface area contributed by atoms with Gasteiger partial charge in [0.05, 0.1) is 15.7 Å². The molecule has 2 aromatic rings. The molecule has 0 bridgehead atoms. The standard InChI is InChI=1S/C11H8Cl2N2O4S/c12-7-3-6(4-8(13)11(7)17)15-20(18,19)10-5-14-2-1-9(10)16/h1-5,15,17H,(H,14,16). The lowest BCUT2D eigenvalue weighted by atomic mass is 10.3. The van der Waals surface area contributed by atoms with E-state index in [0.29, 0.717) is 0 Å². The van der Waals surface area contributed by atoms with Gasteiger partial charge in [0.2, 0.25) is 5.43 Å². The van der Waals surface area contributed by atoms with E-state index in [4.69, 9.17) is 23.2 Å². The third-order valence-electron chi connectivity index (χ3n) is 2.35. The minimum Gasteiger partial charge on any atom is -0.505 e. The fraction of sp³-hybridized carbons (Fsp3) is 0. The molecule has 0 radical (unpaired) electrons. The van der Waals surface area contributed by atoms with Crippen molar-refractivity contribution in [3.05, 3.63) is 50.9 Å². The molecule has 1 aromatic carbocycles. The summed E-state index contributed by atoms with van der Waals surface area (Å²) in [6.07, 6.45) is 2.38. The normalized spacial score (nSPS) is 11.3. The Bertz CT molecular complexity index is 794. The molecule has 0 spiro atoms. The molecule has 3 N–H and O–H groups in total. The van der Waals surface area contributed by atoms with Gasteiger partial charge in [-0.2, -0.15) is 0 Å². The molecule has 1 aromatic heterocycles. The number of phenolic OH excluding ortho intramolecular Hbond substituents is 1. The fourth-order valence-electron chi connectivity index (χ4n) is 1.45. The van der Waals surface area contributed by atoms with Gasteiger partial charge in [-0.25, -0.2) is 8.42 Å². The molecule has 1 heterocycles. The predicted octanol–water partition coefficient (Wildman–Crippen LogP) is 2.19. The zero-order chi connectivity index (χ0) is 14.9. The van der Waals surface area contributed by atoms with Gasteiger partial charge in [-0.15, -0.1) is 0 Å². The van der Waals surface area contributed by atoms with E-state index in [0.717, 1.165) is 12.3 Å². The summed E-state index contributed by atoms with van der Waals surface area (Å²) in [6, 6.07) is 3.44. The molecule has 0 amide bonds. The van der Waals surface area contributed by atoms with E-state index in [1.807, 2.05) is 0 Å². The lowest BCUT2D eigenvalue weighted by molar-refractivity contribution is 0.476. The molecule has 0 atom stereocenters. The van der Waals surface area contributed by atoms with Gasteiger partial charge in [0.1, 0.15) is 0 Å². The molecule has 0 fully saturated rings. The van der Waals surface area contributed by atoms with Crippen molar-refractivity contribution in [3.8, 4) is 5.75 Å². The summed E-state index contributed by atoms with van der Waals surface area (Å²) in [5.74, 6) is -0.353. The lowest BCUT2D eigenvalue weighted by Gasteiger charge is -2.09. The van der Waals surface area contributed by atoms with Crippen LogP contribution in [0.2, 0.25) is 10.0 Å². The lowest BCUT2D eigenvalue weighted by Crippen LogP contribution is -2.20. The van der Waals surface area contributed by atoms with Gasteiger partial charge in [0.15, 0.2) is 10.6 Å². The summed E-state index contributed by atoms with van der Waals surface area (Å²) in [5.41, 5.74) is -0.631. The topological polar surface area (TPSA) is 99.3 Å². The Labute approximate surface area is 124 Å². The van der Waals surface area contributed by atoms with Crippen LogP contribution in [0.15, 0.2) is 40.3 Å². The number of hydrogen-bond acceptors (Lipinski definition) is 4. The highest BCUT2D eigenvalue weighted by Crippen LogP contribution is 2.35. The van der Waals surface area contributed by atoms with Gasteiger partial charge < -0.3 is 10.1 Å². The summed E-state index contributed by atoms with van der Waals surface area (Å²) >= 11 is 11.4. The molecule has 2 rings (SSSR count). The van der Waals surface area contributed by atoms with Crippen LogP contribution in [0.25, 0.3) is 0 Å². The smallest absolute Gasteiger partial charge is 0.267 e. The first-order valence-electron chi connectivity index (χ1n) is 5.19. The van der Waals surface area contributed by atoms with Crippen LogP contribution < -0.4 is 10.2 Å². The van der Waals surface area contributed by atoms with E-state index in [9.17, 15) is 18.3 Å². The summed E-state index contributed by atoms with van der Waals surface area (Å²) in [6.45, 7) is 0. The summed E-state index contributed by atoms with van der Waals surface area (Å²) in [4.78, 5) is 13.6. The Balaban J connectivity index is 2.44. The van der Waals surface area contributed by atoms with Crippen LogP contribution in [0.4, 0.5) is 5.69 Å². The van der Waals surface area contributed by atoms with Crippen molar-refractivity contribution >= 4 is 38.9 Å². The van der Waals surface area contributed by atoms with Crippen LogP contribution in [0, 0.1) is 0 Å². The molecule has 9 heteroatoms. The molecule has 0 aliphatic rings. The zero-order valence-corrected chi connectivity index (χ0v) is 12.1. The third kappa shape index (κ3) is 2.90. The highest BCUT2D eigenvalue weighted by Gasteiger charge is 2.19. The molecule has 0 aliphatic heterocycles. The number of phenols is 1. The number of aromatic amines is 1. The maximum Gasteiger partial charge on any atom is 0.267 e. The van der Waals surface area contributed by atoms with E-state index in [2.05, 4.69) is 9.71 Å². The molecule has 106 valence electrons. The van der Waals surface area contributed by atoms with Crippen molar-refractivity contribution in [3.63, 3.8) is 0 Å². The van der Waals surface area contributed by atoms with Crippen molar-refractivity contribution in [2.45, 2.75) is 4.90 Å². The maximum absolute atomic E-state index is 12.1. The van der Waals surface area contributed by atoms with Crippen molar-refractivity contribution in [2.75, 3.05) is 4.72 Å². The highest BCUT2D eigenvalue weighted by atomic mass is 35.5. The highest BCUT2D eigenvalue weighted by molar-refractivity contribution is 7.92. The Hall–Kier alpha value is -1.70. The maximum atomic E-state index is 12.1. The van der Waals surface area contributed by atoms with Gasteiger partial charge in [0.25, 0.3) is 10.0 Å². The van der Waals surface area contributed by atoms with Crippen molar-refractivity contribution in [2.24, 2.45) is 0 Å². The monoisotopic (exact) mass is 334 g/mol. The van der Waals surface area contributed by atoms with Gasteiger partial charge in [-0.3, -0.25) is 9.52 Å². The number of rotatable bonds is 3. The average Bonchev–Trinajstić information content (AvgIpc) is 2.35. The summed E-state index contributed by atoms with van der Waals surface area (Å²) < 4.78 is 26.3. The number of pyridine rings is 1. The van der Waals surface area contributed by atoms with Gasteiger partial charge >= 0.3 is 0 Å². The first-order chi connectivity index (χ1) is 9.31. The second-order valence-corrected chi connectivity index (χ2v) is 6.23. The second kappa shape index (κ2) is 5.35. The number of benzene rings is 1. The van der Waals surface area contributed by atoms with Crippen LogP contribution in [-0.4, -0.2) is 18.5 Å².